The minimum atomic E-state index is -1.76. The molecule has 128 valence electrons. The normalized spacial score (nSPS) is 33.5. The van der Waals surface area contributed by atoms with Gasteiger partial charge >= 0.3 is 0 Å². The highest BCUT2D eigenvalue weighted by molar-refractivity contribution is 5.71. The van der Waals surface area contributed by atoms with Gasteiger partial charge < -0.3 is 40.5 Å². The fourth-order valence-electron chi connectivity index (χ4n) is 2.54. The van der Waals surface area contributed by atoms with Crippen molar-refractivity contribution in [2.24, 2.45) is 0 Å². The Labute approximate surface area is 132 Å². The molecule has 1 aromatic rings. The van der Waals surface area contributed by atoms with Gasteiger partial charge in [0.05, 0.1) is 0 Å². The topological polar surface area (TPSA) is 151 Å². The van der Waals surface area contributed by atoms with Crippen LogP contribution in [0.3, 0.4) is 0 Å². The SMILES string of the molecule is C/C=C(/c1ccc(O)c(O)c1)C(O)[C@H]1O[C@@H](O)[C@H](O)[C@@H](O)[C@@H]1O. The number of hydrogen-bond acceptors (Lipinski definition) is 8. The average Bonchev–Trinajstić information content (AvgIpc) is 2.52. The molecular weight excluding hydrogens is 308 g/mol. The van der Waals surface area contributed by atoms with Crippen molar-refractivity contribution in [2.45, 2.75) is 43.7 Å². The number of hydrogen-bond donors (Lipinski definition) is 7. The molecule has 1 unspecified atom stereocenters. The lowest BCUT2D eigenvalue weighted by molar-refractivity contribution is -0.292. The molecule has 1 aromatic carbocycles. The number of aliphatic hydroxyl groups excluding tert-OH is 5. The number of rotatable bonds is 3. The third-order valence-corrected chi connectivity index (χ3v) is 3.87. The molecule has 0 aromatic heterocycles. The zero-order chi connectivity index (χ0) is 17.3. The standard InChI is InChI=1S/C15H20O8/c1-2-7(6-3-4-8(16)9(17)5-6)10(18)14-12(20)11(19)13(21)15(22)23-14/h2-5,10-22H,1H3/b7-2-/t10?,11-,12-,13+,14+,15+/m0/s1. The summed E-state index contributed by atoms with van der Waals surface area (Å²) in [5.74, 6) is -0.726. The second-order valence-electron chi connectivity index (χ2n) is 5.36. The van der Waals surface area contributed by atoms with Crippen LogP contribution in [0.15, 0.2) is 24.3 Å². The van der Waals surface area contributed by atoms with E-state index >= 15 is 0 Å². The highest BCUT2D eigenvalue weighted by Crippen LogP contribution is 2.33. The maximum atomic E-state index is 10.4. The Morgan fingerprint density at radius 3 is 2.26 bits per heavy atom. The monoisotopic (exact) mass is 328 g/mol. The molecule has 1 aliphatic rings. The molecule has 1 heterocycles. The van der Waals surface area contributed by atoms with Crippen molar-refractivity contribution >= 4 is 5.57 Å². The van der Waals surface area contributed by atoms with Gasteiger partial charge in [0.1, 0.15) is 30.5 Å². The Morgan fingerprint density at radius 2 is 1.70 bits per heavy atom. The number of aromatic hydroxyl groups is 2. The summed E-state index contributed by atoms with van der Waals surface area (Å²) < 4.78 is 4.99. The van der Waals surface area contributed by atoms with Crippen molar-refractivity contribution in [3.8, 4) is 11.5 Å². The van der Waals surface area contributed by atoms with E-state index in [1.165, 1.54) is 24.3 Å². The van der Waals surface area contributed by atoms with Gasteiger partial charge in [-0.15, -0.1) is 0 Å². The first-order valence-corrected chi connectivity index (χ1v) is 7.02. The van der Waals surface area contributed by atoms with E-state index < -0.39 is 42.6 Å². The van der Waals surface area contributed by atoms with Crippen LogP contribution in [0.1, 0.15) is 12.5 Å². The smallest absolute Gasteiger partial charge is 0.184 e. The molecule has 0 radical (unpaired) electrons. The first kappa shape index (κ1) is 17.7. The number of allylic oxidation sites excluding steroid dienone is 1. The van der Waals surface area contributed by atoms with E-state index in [4.69, 9.17) is 4.74 Å². The van der Waals surface area contributed by atoms with Crippen LogP contribution in [0.5, 0.6) is 11.5 Å². The summed E-state index contributed by atoms with van der Waals surface area (Å²) in [4.78, 5) is 0. The van der Waals surface area contributed by atoms with Gasteiger partial charge in [-0.25, -0.2) is 0 Å². The van der Waals surface area contributed by atoms with E-state index in [-0.39, 0.29) is 11.3 Å². The van der Waals surface area contributed by atoms with Gasteiger partial charge in [-0.1, -0.05) is 12.1 Å². The molecule has 23 heavy (non-hydrogen) atoms. The lowest BCUT2D eigenvalue weighted by atomic mass is 9.89. The van der Waals surface area contributed by atoms with Gasteiger partial charge in [0.15, 0.2) is 17.8 Å². The molecule has 2 rings (SSSR count). The molecule has 1 saturated heterocycles. The van der Waals surface area contributed by atoms with Crippen LogP contribution in [0, 0.1) is 0 Å². The quantitative estimate of drug-likeness (QED) is 0.337. The maximum Gasteiger partial charge on any atom is 0.184 e. The van der Waals surface area contributed by atoms with Crippen molar-refractivity contribution < 1.29 is 40.5 Å². The van der Waals surface area contributed by atoms with Gasteiger partial charge in [-0.3, -0.25) is 0 Å². The molecule has 6 atom stereocenters. The number of phenols is 2. The average molecular weight is 328 g/mol. The van der Waals surface area contributed by atoms with E-state index in [1.807, 2.05) is 0 Å². The van der Waals surface area contributed by atoms with Crippen LogP contribution in [-0.4, -0.2) is 72.6 Å². The lowest BCUT2D eigenvalue weighted by Crippen LogP contribution is -2.60. The third kappa shape index (κ3) is 3.32. The minimum Gasteiger partial charge on any atom is -0.504 e. The first-order chi connectivity index (χ1) is 10.8. The maximum absolute atomic E-state index is 10.4. The number of aliphatic hydroxyl groups is 5. The van der Waals surface area contributed by atoms with Crippen LogP contribution >= 0.6 is 0 Å². The highest BCUT2D eigenvalue weighted by Gasteiger charge is 2.46. The van der Waals surface area contributed by atoms with E-state index in [1.54, 1.807) is 6.92 Å². The summed E-state index contributed by atoms with van der Waals surface area (Å²) in [5.41, 5.74) is 0.585. The fraction of sp³-hybridized carbons (Fsp3) is 0.467. The Bertz CT molecular complexity index is 587. The number of ether oxygens (including phenoxy) is 1. The van der Waals surface area contributed by atoms with Crippen molar-refractivity contribution in [1.82, 2.24) is 0 Å². The van der Waals surface area contributed by atoms with E-state index in [2.05, 4.69) is 0 Å². The summed E-state index contributed by atoms with van der Waals surface area (Å²) in [6.45, 7) is 1.60. The Hall–Kier alpha value is -1.68. The van der Waals surface area contributed by atoms with Gasteiger partial charge in [-0.05, 0) is 30.2 Å². The minimum absolute atomic E-state index is 0.236. The summed E-state index contributed by atoms with van der Waals surface area (Å²) in [7, 11) is 0. The zero-order valence-electron chi connectivity index (χ0n) is 12.3. The first-order valence-electron chi connectivity index (χ1n) is 7.02. The molecule has 0 spiro atoms. The van der Waals surface area contributed by atoms with Gasteiger partial charge in [0.25, 0.3) is 0 Å². The summed E-state index contributed by atoms with van der Waals surface area (Å²) >= 11 is 0. The molecule has 0 amide bonds. The molecular formula is C15H20O8. The summed E-state index contributed by atoms with van der Waals surface area (Å²) in [6, 6.07) is 3.88. The van der Waals surface area contributed by atoms with Gasteiger partial charge in [-0.2, -0.15) is 0 Å². The van der Waals surface area contributed by atoms with E-state index in [0.29, 0.717) is 5.56 Å². The molecule has 1 fully saturated rings. The molecule has 0 saturated carbocycles. The van der Waals surface area contributed by atoms with Crippen molar-refractivity contribution in [1.29, 1.82) is 0 Å². The van der Waals surface area contributed by atoms with Crippen LogP contribution in [0.4, 0.5) is 0 Å². The van der Waals surface area contributed by atoms with Crippen LogP contribution < -0.4 is 0 Å². The molecule has 8 heteroatoms. The second kappa shape index (κ2) is 6.83. The highest BCUT2D eigenvalue weighted by atomic mass is 16.6. The van der Waals surface area contributed by atoms with E-state index in [9.17, 15) is 35.7 Å². The number of phenolic OH excluding ortho intramolecular Hbond substituents is 2. The molecule has 8 nitrogen and oxygen atoms in total. The Morgan fingerprint density at radius 1 is 1.04 bits per heavy atom. The molecule has 0 bridgehead atoms. The largest absolute Gasteiger partial charge is 0.504 e. The Kier molecular flexibility index (Phi) is 5.25. The summed E-state index contributed by atoms with van der Waals surface area (Å²) in [5, 5.41) is 68.0. The van der Waals surface area contributed by atoms with Gasteiger partial charge in [0, 0.05) is 0 Å². The number of benzene rings is 1. The van der Waals surface area contributed by atoms with E-state index in [0.717, 1.165) is 0 Å². The molecule has 7 N–H and O–H groups in total. The van der Waals surface area contributed by atoms with Crippen molar-refractivity contribution in [3.05, 3.63) is 29.8 Å². The second-order valence-corrected chi connectivity index (χ2v) is 5.36. The van der Waals surface area contributed by atoms with Crippen molar-refractivity contribution in [3.63, 3.8) is 0 Å². The molecule has 0 aliphatic carbocycles. The van der Waals surface area contributed by atoms with Crippen LogP contribution in [0.2, 0.25) is 0 Å². The summed E-state index contributed by atoms with van der Waals surface area (Å²) in [6.07, 6.45) is -8.15. The van der Waals surface area contributed by atoms with Crippen LogP contribution in [-0.2, 0) is 4.74 Å². The predicted octanol–water partition coefficient (Wildman–Crippen LogP) is -1.34. The molecule has 1 aliphatic heterocycles. The lowest BCUT2D eigenvalue weighted by Gasteiger charge is -2.40. The predicted molar refractivity (Wildman–Crippen MR) is 78.3 cm³/mol. The fourth-order valence-corrected chi connectivity index (χ4v) is 2.54. The third-order valence-electron chi connectivity index (χ3n) is 3.87. The van der Waals surface area contributed by atoms with Crippen molar-refractivity contribution in [2.75, 3.05) is 0 Å². The Balaban J connectivity index is 2.29. The zero-order valence-corrected chi connectivity index (χ0v) is 12.3. The van der Waals surface area contributed by atoms with Crippen LogP contribution in [0.25, 0.3) is 5.57 Å². The van der Waals surface area contributed by atoms with Gasteiger partial charge in [0.2, 0.25) is 0 Å².